The molecule has 1 heterocycles. The third kappa shape index (κ3) is 5.09. The molecule has 0 aliphatic carbocycles. The molecule has 1 fully saturated rings. The second kappa shape index (κ2) is 8.87. The average Bonchev–Trinajstić information content (AvgIpc) is 2.60. The highest BCUT2D eigenvalue weighted by Crippen LogP contribution is 2.21. The van der Waals surface area contributed by atoms with Crippen LogP contribution in [-0.4, -0.2) is 43.3 Å². The van der Waals surface area contributed by atoms with Gasteiger partial charge in [-0.05, 0) is 57.0 Å². The van der Waals surface area contributed by atoms with Gasteiger partial charge in [0.1, 0.15) is 0 Å². The molecule has 1 amide bonds. The van der Waals surface area contributed by atoms with E-state index in [1.807, 2.05) is 7.05 Å². The minimum absolute atomic E-state index is 0.0174. The summed E-state index contributed by atoms with van der Waals surface area (Å²) in [5.41, 5.74) is 0.104. The molecule has 0 aromatic heterocycles. The van der Waals surface area contributed by atoms with Gasteiger partial charge in [-0.3, -0.25) is 9.59 Å². The smallest absolute Gasteiger partial charge is 0.223 e. The Labute approximate surface area is 141 Å². The Morgan fingerprint density at radius 2 is 1.88 bits per heavy atom. The molecule has 132 valence electrons. The summed E-state index contributed by atoms with van der Waals surface area (Å²) in [7, 11) is 1.93. The molecule has 2 rings (SSSR count). The highest BCUT2D eigenvalue weighted by Gasteiger charge is 2.23. The Balaban J connectivity index is 1.77. The lowest BCUT2D eigenvalue weighted by Crippen LogP contribution is -2.39. The van der Waals surface area contributed by atoms with Gasteiger partial charge in [0.25, 0.3) is 0 Å². The zero-order valence-corrected chi connectivity index (χ0v) is 14.0. The zero-order chi connectivity index (χ0) is 17.5. The van der Waals surface area contributed by atoms with Crippen LogP contribution in [0.1, 0.15) is 42.5 Å². The van der Waals surface area contributed by atoms with Gasteiger partial charge >= 0.3 is 0 Å². The number of amides is 1. The minimum Gasteiger partial charge on any atom is -0.343 e. The molecule has 6 heteroatoms. The van der Waals surface area contributed by atoms with Crippen LogP contribution in [0, 0.1) is 17.6 Å². The first-order valence-electron chi connectivity index (χ1n) is 8.42. The summed E-state index contributed by atoms with van der Waals surface area (Å²) in [4.78, 5) is 26.0. The average molecular weight is 338 g/mol. The summed E-state index contributed by atoms with van der Waals surface area (Å²) in [5.74, 6) is -1.77. The maximum Gasteiger partial charge on any atom is 0.223 e. The van der Waals surface area contributed by atoms with E-state index in [-0.39, 0.29) is 30.1 Å². The first-order valence-corrected chi connectivity index (χ1v) is 8.42. The molecule has 1 aromatic rings. The number of likely N-dealkylation sites (tertiary alicyclic amines) is 1. The molecule has 0 saturated carbocycles. The fraction of sp³-hybridized carbons (Fsp3) is 0.556. The van der Waals surface area contributed by atoms with Gasteiger partial charge in [0.2, 0.25) is 5.91 Å². The van der Waals surface area contributed by atoms with Crippen LogP contribution in [-0.2, 0) is 4.79 Å². The van der Waals surface area contributed by atoms with E-state index in [2.05, 4.69) is 5.32 Å². The van der Waals surface area contributed by atoms with E-state index in [1.54, 1.807) is 4.90 Å². The zero-order valence-electron chi connectivity index (χ0n) is 14.0. The van der Waals surface area contributed by atoms with Crippen molar-refractivity contribution in [1.29, 1.82) is 0 Å². The maximum atomic E-state index is 13.1. The van der Waals surface area contributed by atoms with Crippen molar-refractivity contribution in [2.24, 2.45) is 5.92 Å². The summed E-state index contributed by atoms with van der Waals surface area (Å²) in [6.07, 6.45) is 3.23. The van der Waals surface area contributed by atoms with E-state index in [0.717, 1.165) is 51.0 Å². The molecule has 1 aliphatic heterocycles. The monoisotopic (exact) mass is 338 g/mol. The van der Waals surface area contributed by atoms with Crippen molar-refractivity contribution in [2.45, 2.75) is 32.1 Å². The van der Waals surface area contributed by atoms with Crippen LogP contribution < -0.4 is 5.32 Å². The molecule has 0 spiro atoms. The van der Waals surface area contributed by atoms with E-state index >= 15 is 0 Å². The predicted molar refractivity (Wildman–Crippen MR) is 87.8 cm³/mol. The topological polar surface area (TPSA) is 49.4 Å². The number of rotatable bonds is 7. The lowest BCUT2D eigenvalue weighted by molar-refractivity contribution is -0.132. The third-order valence-electron chi connectivity index (χ3n) is 4.58. The number of piperidine rings is 1. The number of hydrogen-bond donors (Lipinski definition) is 1. The molecule has 1 aromatic carbocycles. The molecular weight excluding hydrogens is 314 g/mol. The van der Waals surface area contributed by atoms with Gasteiger partial charge < -0.3 is 10.2 Å². The number of benzene rings is 1. The number of nitrogens with zero attached hydrogens (tertiary/aromatic N) is 1. The highest BCUT2D eigenvalue weighted by molar-refractivity contribution is 5.97. The number of halogens is 2. The second-order valence-corrected chi connectivity index (χ2v) is 6.27. The molecule has 24 heavy (non-hydrogen) atoms. The van der Waals surface area contributed by atoms with E-state index in [0.29, 0.717) is 5.92 Å². The van der Waals surface area contributed by atoms with Gasteiger partial charge in [0, 0.05) is 31.5 Å². The van der Waals surface area contributed by atoms with E-state index < -0.39 is 11.6 Å². The van der Waals surface area contributed by atoms with Crippen LogP contribution in [0.15, 0.2) is 18.2 Å². The summed E-state index contributed by atoms with van der Waals surface area (Å²) in [5, 5.41) is 3.14. The van der Waals surface area contributed by atoms with Crippen LogP contribution in [0.5, 0.6) is 0 Å². The maximum absolute atomic E-state index is 13.1. The highest BCUT2D eigenvalue weighted by atomic mass is 19.2. The Morgan fingerprint density at radius 1 is 1.17 bits per heavy atom. The van der Waals surface area contributed by atoms with Gasteiger partial charge in [-0.15, -0.1) is 0 Å². The van der Waals surface area contributed by atoms with Crippen molar-refractivity contribution < 1.29 is 18.4 Å². The summed E-state index contributed by atoms with van der Waals surface area (Å²) < 4.78 is 26.0. The fourth-order valence-electron chi connectivity index (χ4n) is 3.01. The SMILES string of the molecule is CNCCC1CCN(C(=O)CCC(=O)c2ccc(F)c(F)c2)CC1. The van der Waals surface area contributed by atoms with Gasteiger partial charge in [-0.1, -0.05) is 0 Å². The summed E-state index contributed by atoms with van der Waals surface area (Å²) >= 11 is 0. The van der Waals surface area contributed by atoms with Crippen molar-refractivity contribution in [3.05, 3.63) is 35.4 Å². The third-order valence-corrected chi connectivity index (χ3v) is 4.58. The van der Waals surface area contributed by atoms with Crippen molar-refractivity contribution in [2.75, 3.05) is 26.7 Å². The number of hydrogen-bond acceptors (Lipinski definition) is 3. The van der Waals surface area contributed by atoms with Crippen LogP contribution in [0.25, 0.3) is 0 Å². The van der Waals surface area contributed by atoms with Crippen molar-refractivity contribution in [3.8, 4) is 0 Å². The fourth-order valence-corrected chi connectivity index (χ4v) is 3.01. The van der Waals surface area contributed by atoms with Gasteiger partial charge in [-0.25, -0.2) is 8.78 Å². The minimum atomic E-state index is -1.05. The Kier molecular flexibility index (Phi) is 6.85. The van der Waals surface area contributed by atoms with Gasteiger partial charge in [0.05, 0.1) is 0 Å². The van der Waals surface area contributed by atoms with Crippen LogP contribution in [0.4, 0.5) is 8.78 Å². The number of Topliss-reactive ketones (excluding diaryl/α,β-unsaturated/α-hetero) is 1. The summed E-state index contributed by atoms with van der Waals surface area (Å²) in [6, 6.07) is 3.06. The van der Waals surface area contributed by atoms with Crippen molar-refractivity contribution in [3.63, 3.8) is 0 Å². The van der Waals surface area contributed by atoms with Crippen LogP contribution >= 0.6 is 0 Å². The van der Waals surface area contributed by atoms with Crippen LogP contribution in [0.2, 0.25) is 0 Å². The summed E-state index contributed by atoms with van der Waals surface area (Å²) in [6.45, 7) is 2.44. The molecule has 1 aliphatic rings. The van der Waals surface area contributed by atoms with Crippen molar-refractivity contribution >= 4 is 11.7 Å². The first kappa shape index (κ1) is 18.5. The molecule has 0 unspecified atom stereocenters. The largest absolute Gasteiger partial charge is 0.343 e. The van der Waals surface area contributed by atoms with E-state index in [9.17, 15) is 18.4 Å². The lowest BCUT2D eigenvalue weighted by atomic mass is 9.93. The quantitative estimate of drug-likeness (QED) is 0.778. The second-order valence-electron chi connectivity index (χ2n) is 6.27. The Bertz CT molecular complexity index is 584. The van der Waals surface area contributed by atoms with Gasteiger partial charge in [0.15, 0.2) is 17.4 Å². The molecular formula is C18H24F2N2O2. The number of carbonyl (C=O) groups excluding carboxylic acids is 2. The Hall–Kier alpha value is -1.82. The molecule has 0 atom stereocenters. The number of nitrogens with one attached hydrogen (secondary N) is 1. The standard InChI is InChI=1S/C18H24F2N2O2/c1-21-9-6-13-7-10-22(11-8-13)18(24)5-4-17(23)14-2-3-15(19)16(20)12-14/h2-3,12-13,21H,4-11H2,1H3. The lowest BCUT2D eigenvalue weighted by Gasteiger charge is -2.32. The van der Waals surface area contributed by atoms with E-state index in [1.165, 1.54) is 6.07 Å². The Morgan fingerprint density at radius 3 is 2.50 bits per heavy atom. The first-order chi connectivity index (χ1) is 11.5. The normalized spacial score (nSPS) is 15.5. The molecule has 1 N–H and O–H groups in total. The molecule has 0 radical (unpaired) electrons. The molecule has 0 bridgehead atoms. The van der Waals surface area contributed by atoms with Crippen LogP contribution in [0.3, 0.4) is 0 Å². The van der Waals surface area contributed by atoms with Gasteiger partial charge in [-0.2, -0.15) is 0 Å². The molecule has 4 nitrogen and oxygen atoms in total. The van der Waals surface area contributed by atoms with E-state index in [4.69, 9.17) is 0 Å². The number of ketones is 1. The van der Waals surface area contributed by atoms with Crippen molar-refractivity contribution in [1.82, 2.24) is 10.2 Å². The predicted octanol–water partition coefficient (Wildman–Crippen LogP) is 2.78. The molecule has 1 saturated heterocycles. The number of carbonyl (C=O) groups is 2.